The molecule has 0 aromatic heterocycles. The molecule has 0 radical (unpaired) electrons. The highest BCUT2D eigenvalue weighted by molar-refractivity contribution is 8.03. The molecule has 1 fully saturated rings. The Labute approximate surface area is 146 Å². The molecule has 0 aliphatic heterocycles. The summed E-state index contributed by atoms with van der Waals surface area (Å²) in [5.74, 6) is 1.13. The van der Waals surface area contributed by atoms with Gasteiger partial charge < -0.3 is 0 Å². The lowest BCUT2D eigenvalue weighted by molar-refractivity contribution is -0.126. The molecule has 0 saturated heterocycles. The first-order valence-electron chi connectivity index (χ1n) is 8.80. The van der Waals surface area contributed by atoms with Crippen LogP contribution in [-0.4, -0.2) is 17.6 Å². The Hall–Kier alpha value is -1.16. The fourth-order valence-corrected chi connectivity index (χ4v) is 6.25. The van der Waals surface area contributed by atoms with Gasteiger partial charge in [-0.15, -0.1) is 0 Å². The molecule has 2 nitrogen and oxygen atoms in total. The van der Waals surface area contributed by atoms with Gasteiger partial charge in [0.1, 0.15) is 11.8 Å². The van der Waals surface area contributed by atoms with E-state index < -0.39 is 6.01 Å². The normalized spacial score (nSPS) is 41.0. The Bertz CT molecular complexity index is 719. The summed E-state index contributed by atoms with van der Waals surface area (Å²) in [6.45, 7) is 4.33. The number of alkyl halides is 1. The summed E-state index contributed by atoms with van der Waals surface area (Å²) in [7, 11) is 0. The van der Waals surface area contributed by atoms with E-state index in [0.717, 1.165) is 36.6 Å². The topological polar surface area (TPSA) is 34.1 Å². The third-order valence-corrected chi connectivity index (χ3v) is 7.77. The maximum Gasteiger partial charge on any atom is 0.169 e. The Morgan fingerprint density at radius 1 is 1.29 bits per heavy atom. The maximum absolute atomic E-state index is 12.9. The molecule has 4 heteroatoms. The standard InChI is InChI=1S/C20H23FO2S/c1-19-10-8-16(22)18(24-11-21)15(19)4-3-12-13-5-6-17(23)20(13,2)9-7-14(12)19/h3-4,7,12-13H,5-6,8-11H2,1-2H3/t12-,13-,19+,20-/m0/s1. The van der Waals surface area contributed by atoms with Gasteiger partial charge in [0.15, 0.2) is 5.78 Å². The monoisotopic (exact) mass is 346 g/mol. The maximum atomic E-state index is 12.9. The predicted octanol–water partition coefficient (Wildman–Crippen LogP) is 4.77. The van der Waals surface area contributed by atoms with Gasteiger partial charge in [-0.3, -0.25) is 9.59 Å². The van der Waals surface area contributed by atoms with E-state index in [1.54, 1.807) is 0 Å². The molecular formula is C20H23FO2S. The molecule has 0 spiro atoms. The first-order chi connectivity index (χ1) is 11.4. The lowest BCUT2D eigenvalue weighted by Gasteiger charge is -2.50. The highest BCUT2D eigenvalue weighted by Crippen LogP contribution is 2.61. The van der Waals surface area contributed by atoms with Crippen molar-refractivity contribution in [2.45, 2.75) is 46.0 Å². The highest BCUT2D eigenvalue weighted by Gasteiger charge is 2.55. The van der Waals surface area contributed by atoms with E-state index >= 15 is 0 Å². The van der Waals surface area contributed by atoms with Crippen LogP contribution >= 0.6 is 11.8 Å². The number of halogens is 1. The molecule has 0 N–H and O–H groups in total. The van der Waals surface area contributed by atoms with Crippen LogP contribution in [0.15, 0.2) is 34.3 Å². The van der Waals surface area contributed by atoms with E-state index in [1.807, 2.05) is 0 Å². The summed E-state index contributed by atoms with van der Waals surface area (Å²) in [6.07, 6.45) is 10.2. The Morgan fingerprint density at radius 3 is 2.83 bits per heavy atom. The van der Waals surface area contributed by atoms with Crippen molar-refractivity contribution in [1.82, 2.24) is 0 Å². The smallest absolute Gasteiger partial charge is 0.169 e. The van der Waals surface area contributed by atoms with E-state index in [4.69, 9.17) is 0 Å². The van der Waals surface area contributed by atoms with E-state index in [2.05, 4.69) is 32.1 Å². The number of thioether (sulfide) groups is 1. The Kier molecular flexibility index (Phi) is 3.68. The minimum absolute atomic E-state index is 0.0746. The largest absolute Gasteiger partial charge is 0.299 e. The van der Waals surface area contributed by atoms with Crippen molar-refractivity contribution < 1.29 is 14.0 Å². The molecule has 4 aliphatic rings. The highest BCUT2D eigenvalue weighted by atomic mass is 32.2. The predicted molar refractivity (Wildman–Crippen MR) is 94.1 cm³/mol. The van der Waals surface area contributed by atoms with Crippen molar-refractivity contribution in [3.8, 4) is 0 Å². The van der Waals surface area contributed by atoms with E-state index in [9.17, 15) is 14.0 Å². The van der Waals surface area contributed by atoms with Gasteiger partial charge in [-0.1, -0.05) is 49.4 Å². The molecule has 4 rings (SSSR count). The van der Waals surface area contributed by atoms with Crippen LogP contribution in [0.25, 0.3) is 0 Å². The van der Waals surface area contributed by atoms with Crippen LogP contribution in [0.2, 0.25) is 0 Å². The molecular weight excluding hydrogens is 323 g/mol. The third kappa shape index (κ3) is 2.01. The lowest BCUT2D eigenvalue weighted by atomic mass is 9.54. The number of carbonyl (C=O) groups is 2. The molecule has 4 atom stereocenters. The molecule has 0 aromatic rings. The molecule has 0 aromatic carbocycles. The van der Waals surface area contributed by atoms with Crippen molar-refractivity contribution in [2.75, 3.05) is 6.01 Å². The van der Waals surface area contributed by atoms with Gasteiger partial charge in [0.05, 0.1) is 4.91 Å². The number of allylic oxidation sites excluding steroid dienone is 6. The van der Waals surface area contributed by atoms with Crippen LogP contribution in [0.1, 0.15) is 46.0 Å². The average molecular weight is 346 g/mol. The number of fused-ring (bicyclic) bond motifs is 5. The van der Waals surface area contributed by atoms with Crippen molar-refractivity contribution in [3.05, 3.63) is 34.3 Å². The molecule has 0 amide bonds. The van der Waals surface area contributed by atoms with Crippen LogP contribution in [0.5, 0.6) is 0 Å². The minimum Gasteiger partial charge on any atom is -0.299 e. The first-order valence-corrected chi connectivity index (χ1v) is 9.79. The molecule has 4 aliphatic carbocycles. The molecule has 128 valence electrons. The van der Waals surface area contributed by atoms with E-state index in [1.165, 1.54) is 5.57 Å². The quantitative estimate of drug-likeness (QED) is 0.675. The molecule has 24 heavy (non-hydrogen) atoms. The number of hydrogen-bond donors (Lipinski definition) is 0. The molecule has 0 bridgehead atoms. The number of ketones is 2. The fraction of sp³-hybridized carbons (Fsp3) is 0.600. The van der Waals surface area contributed by atoms with Gasteiger partial charge in [-0.25, -0.2) is 4.39 Å². The van der Waals surface area contributed by atoms with Crippen LogP contribution in [0.3, 0.4) is 0 Å². The van der Waals surface area contributed by atoms with Gasteiger partial charge in [-0.2, -0.15) is 0 Å². The van der Waals surface area contributed by atoms with Crippen molar-refractivity contribution in [3.63, 3.8) is 0 Å². The zero-order valence-corrected chi connectivity index (χ0v) is 15.0. The van der Waals surface area contributed by atoms with Crippen LogP contribution in [-0.2, 0) is 9.59 Å². The van der Waals surface area contributed by atoms with E-state index in [-0.39, 0.29) is 22.5 Å². The van der Waals surface area contributed by atoms with Crippen LogP contribution < -0.4 is 0 Å². The Morgan fingerprint density at radius 2 is 2.08 bits per heavy atom. The number of carbonyl (C=O) groups excluding carboxylic acids is 2. The molecule has 0 unspecified atom stereocenters. The SMILES string of the molecule is C[C@]12CCC(=O)C(SCF)=C1C=C[C@@H]1C2=CC[C@]2(C)C(=O)CC[C@@H]12. The summed E-state index contributed by atoms with van der Waals surface area (Å²) in [5.41, 5.74) is 1.95. The van der Waals surface area contributed by atoms with Crippen LogP contribution in [0, 0.1) is 22.7 Å². The number of Topliss-reactive ketones (excluding diaryl/α,β-unsaturated/α-hetero) is 2. The molecule has 0 heterocycles. The second-order valence-corrected chi connectivity index (χ2v) is 8.90. The van der Waals surface area contributed by atoms with Gasteiger partial charge in [-0.05, 0) is 30.8 Å². The summed E-state index contributed by atoms with van der Waals surface area (Å²) in [6, 6.07) is -0.563. The average Bonchev–Trinajstić information content (AvgIpc) is 2.86. The molecule has 1 saturated carbocycles. The second kappa shape index (κ2) is 5.42. The zero-order valence-electron chi connectivity index (χ0n) is 14.2. The zero-order chi connectivity index (χ0) is 17.1. The summed E-state index contributed by atoms with van der Waals surface area (Å²) >= 11 is 1.03. The summed E-state index contributed by atoms with van der Waals surface area (Å²) < 4.78 is 12.9. The van der Waals surface area contributed by atoms with E-state index in [0.29, 0.717) is 29.4 Å². The van der Waals surface area contributed by atoms with Crippen LogP contribution in [0.4, 0.5) is 4.39 Å². The number of hydrogen-bond acceptors (Lipinski definition) is 3. The minimum atomic E-state index is -0.563. The van der Waals surface area contributed by atoms with Crippen molar-refractivity contribution >= 4 is 23.3 Å². The van der Waals surface area contributed by atoms with Gasteiger partial charge >= 0.3 is 0 Å². The Balaban J connectivity index is 1.84. The van der Waals surface area contributed by atoms with Gasteiger partial charge in [0.2, 0.25) is 0 Å². The summed E-state index contributed by atoms with van der Waals surface area (Å²) in [5, 5.41) is 0. The number of rotatable bonds is 2. The van der Waals surface area contributed by atoms with Crippen molar-refractivity contribution in [1.29, 1.82) is 0 Å². The first kappa shape index (κ1) is 16.3. The fourth-order valence-electron chi connectivity index (χ4n) is 5.43. The lowest BCUT2D eigenvalue weighted by Crippen LogP contribution is -2.43. The second-order valence-electron chi connectivity index (χ2n) is 7.99. The third-order valence-electron chi connectivity index (χ3n) is 6.93. The van der Waals surface area contributed by atoms with Gasteiger partial charge in [0, 0.05) is 29.6 Å². The van der Waals surface area contributed by atoms with Gasteiger partial charge in [0.25, 0.3) is 0 Å². The summed E-state index contributed by atoms with van der Waals surface area (Å²) in [4.78, 5) is 25.3. The van der Waals surface area contributed by atoms with Crippen molar-refractivity contribution in [2.24, 2.45) is 22.7 Å².